The van der Waals surface area contributed by atoms with E-state index >= 15 is 0 Å². The normalized spacial score (nSPS) is 14.0. The van der Waals surface area contributed by atoms with E-state index in [4.69, 9.17) is 0 Å². The Balaban J connectivity index is 1.42. The molecule has 3 aromatic rings. The lowest BCUT2D eigenvalue weighted by atomic mass is 10.1. The molecule has 4 rings (SSSR count). The lowest BCUT2D eigenvalue weighted by Gasteiger charge is -2.15. The van der Waals surface area contributed by atoms with Crippen molar-refractivity contribution >= 4 is 11.6 Å². The van der Waals surface area contributed by atoms with Crippen LogP contribution in [0.1, 0.15) is 34.6 Å². The van der Waals surface area contributed by atoms with Gasteiger partial charge in [0.25, 0.3) is 5.91 Å². The van der Waals surface area contributed by atoms with Crippen LogP contribution in [0.3, 0.4) is 0 Å². The minimum Gasteiger partial charge on any atom is -0.321 e. The number of aromatic nitrogens is 2. The van der Waals surface area contributed by atoms with Crippen molar-refractivity contribution in [3.63, 3.8) is 0 Å². The molecule has 1 aromatic heterocycles. The van der Waals surface area contributed by atoms with Gasteiger partial charge >= 0.3 is 0 Å². The molecule has 1 saturated heterocycles. The highest BCUT2D eigenvalue weighted by Crippen LogP contribution is 2.20. The lowest BCUT2D eigenvalue weighted by Crippen LogP contribution is -2.29. The molecule has 160 valence electrons. The number of likely N-dealkylation sites (tertiary alicyclic amines) is 1. The van der Waals surface area contributed by atoms with Crippen LogP contribution >= 0.6 is 0 Å². The minimum absolute atomic E-state index is 0.252. The summed E-state index contributed by atoms with van der Waals surface area (Å²) in [4.78, 5) is 24.3. The molecule has 0 bridgehead atoms. The maximum atomic E-state index is 12.7. The fourth-order valence-electron chi connectivity index (χ4n) is 3.83. The third-order valence-corrected chi connectivity index (χ3v) is 5.56. The number of rotatable bonds is 8. The maximum absolute atomic E-state index is 12.7. The number of aryl methyl sites for hydroxylation is 1. The van der Waals surface area contributed by atoms with Crippen LogP contribution in [0, 0.1) is 6.92 Å². The van der Waals surface area contributed by atoms with Gasteiger partial charge in [0.1, 0.15) is 5.69 Å². The third-order valence-electron chi connectivity index (χ3n) is 5.56. The van der Waals surface area contributed by atoms with Crippen molar-refractivity contribution in [1.82, 2.24) is 20.2 Å². The van der Waals surface area contributed by atoms with Crippen LogP contribution in [-0.2, 0) is 6.54 Å². The second-order valence-corrected chi connectivity index (χ2v) is 7.94. The molecule has 1 aliphatic heterocycles. The minimum atomic E-state index is -0.252. The van der Waals surface area contributed by atoms with Crippen LogP contribution in [0.15, 0.2) is 60.8 Å². The number of amides is 1. The first kappa shape index (κ1) is 21.2. The molecule has 1 fully saturated rings. The fourth-order valence-corrected chi connectivity index (χ4v) is 3.83. The quantitative estimate of drug-likeness (QED) is 0.546. The van der Waals surface area contributed by atoms with Gasteiger partial charge in [-0.2, -0.15) is 0 Å². The molecule has 0 radical (unpaired) electrons. The van der Waals surface area contributed by atoms with Crippen molar-refractivity contribution in [3.8, 4) is 11.3 Å². The first-order valence-corrected chi connectivity index (χ1v) is 10.9. The van der Waals surface area contributed by atoms with Crippen molar-refractivity contribution in [2.45, 2.75) is 26.3 Å². The van der Waals surface area contributed by atoms with E-state index in [0.717, 1.165) is 30.9 Å². The summed E-state index contributed by atoms with van der Waals surface area (Å²) in [5.41, 5.74) is 4.54. The van der Waals surface area contributed by atoms with Crippen LogP contribution in [0.4, 0.5) is 5.69 Å². The highest BCUT2D eigenvalue weighted by molar-refractivity contribution is 6.03. The van der Waals surface area contributed by atoms with E-state index < -0.39 is 0 Å². The van der Waals surface area contributed by atoms with E-state index in [1.54, 1.807) is 13.1 Å². The number of anilines is 1. The SMILES string of the molecule is Cc1ncc(-c2cccc(CNCCN3CCCC3)c2)nc1C(=O)Nc1ccccc1. The van der Waals surface area contributed by atoms with E-state index in [9.17, 15) is 4.79 Å². The van der Waals surface area contributed by atoms with Crippen LogP contribution in [-0.4, -0.2) is 47.0 Å². The molecule has 1 amide bonds. The predicted octanol–water partition coefficient (Wildman–Crippen LogP) is 3.89. The zero-order chi connectivity index (χ0) is 21.5. The van der Waals surface area contributed by atoms with Gasteiger partial charge < -0.3 is 15.5 Å². The van der Waals surface area contributed by atoms with Gasteiger partial charge in [-0.05, 0) is 56.6 Å². The van der Waals surface area contributed by atoms with Crippen LogP contribution < -0.4 is 10.6 Å². The molecular formula is C25H29N5O. The number of hydrogen-bond donors (Lipinski definition) is 2. The van der Waals surface area contributed by atoms with Gasteiger partial charge in [-0.1, -0.05) is 36.4 Å². The average molecular weight is 416 g/mol. The summed E-state index contributed by atoms with van der Waals surface area (Å²) in [6.45, 7) is 7.15. The summed E-state index contributed by atoms with van der Waals surface area (Å²) in [7, 11) is 0. The van der Waals surface area contributed by atoms with Gasteiger partial charge in [0.15, 0.2) is 0 Å². The Morgan fingerprint density at radius 2 is 1.87 bits per heavy atom. The summed E-state index contributed by atoms with van der Waals surface area (Å²) in [5.74, 6) is -0.252. The Morgan fingerprint density at radius 1 is 1.06 bits per heavy atom. The highest BCUT2D eigenvalue weighted by atomic mass is 16.1. The topological polar surface area (TPSA) is 70.2 Å². The van der Waals surface area contributed by atoms with E-state index in [1.165, 1.54) is 31.5 Å². The monoisotopic (exact) mass is 415 g/mol. The Hall–Kier alpha value is -3.09. The van der Waals surface area contributed by atoms with Crippen LogP contribution in [0.5, 0.6) is 0 Å². The van der Waals surface area contributed by atoms with Crippen molar-refractivity contribution in [1.29, 1.82) is 0 Å². The summed E-state index contributed by atoms with van der Waals surface area (Å²) in [6, 6.07) is 17.6. The molecule has 1 aliphatic rings. The van der Waals surface area contributed by atoms with Gasteiger partial charge in [-0.3, -0.25) is 9.78 Å². The molecule has 6 heteroatoms. The number of para-hydroxylation sites is 1. The molecule has 0 spiro atoms. The van der Waals surface area contributed by atoms with Gasteiger partial charge in [0.05, 0.1) is 17.6 Å². The molecule has 0 aliphatic carbocycles. The van der Waals surface area contributed by atoms with Crippen molar-refractivity contribution < 1.29 is 4.79 Å². The number of carbonyl (C=O) groups excluding carboxylic acids is 1. The zero-order valence-corrected chi connectivity index (χ0v) is 18.0. The Bertz CT molecular complexity index is 1020. The zero-order valence-electron chi connectivity index (χ0n) is 18.0. The van der Waals surface area contributed by atoms with Crippen molar-refractivity contribution in [3.05, 3.63) is 77.7 Å². The second kappa shape index (κ2) is 10.3. The molecule has 31 heavy (non-hydrogen) atoms. The van der Waals surface area contributed by atoms with Crippen molar-refractivity contribution in [2.75, 3.05) is 31.5 Å². The summed E-state index contributed by atoms with van der Waals surface area (Å²) < 4.78 is 0. The van der Waals surface area contributed by atoms with Gasteiger partial charge in [-0.25, -0.2) is 4.98 Å². The van der Waals surface area contributed by atoms with Crippen LogP contribution in [0.25, 0.3) is 11.3 Å². The van der Waals surface area contributed by atoms with Gasteiger partial charge in [-0.15, -0.1) is 0 Å². The van der Waals surface area contributed by atoms with E-state index in [-0.39, 0.29) is 5.91 Å². The lowest BCUT2D eigenvalue weighted by molar-refractivity contribution is 0.102. The number of carbonyl (C=O) groups is 1. The molecule has 0 saturated carbocycles. The third kappa shape index (κ3) is 5.75. The average Bonchev–Trinajstić information content (AvgIpc) is 3.31. The molecule has 2 N–H and O–H groups in total. The Morgan fingerprint density at radius 3 is 2.68 bits per heavy atom. The van der Waals surface area contributed by atoms with Gasteiger partial charge in [0.2, 0.25) is 0 Å². The number of nitrogens with zero attached hydrogens (tertiary/aromatic N) is 3. The molecule has 0 unspecified atom stereocenters. The number of hydrogen-bond acceptors (Lipinski definition) is 5. The molecular weight excluding hydrogens is 386 g/mol. The first-order valence-electron chi connectivity index (χ1n) is 10.9. The molecule has 6 nitrogen and oxygen atoms in total. The van der Waals surface area contributed by atoms with Crippen LogP contribution in [0.2, 0.25) is 0 Å². The highest BCUT2D eigenvalue weighted by Gasteiger charge is 2.14. The smallest absolute Gasteiger partial charge is 0.276 e. The van der Waals surface area contributed by atoms with Gasteiger partial charge in [0, 0.05) is 30.9 Å². The van der Waals surface area contributed by atoms with E-state index in [2.05, 4.69) is 37.6 Å². The molecule has 2 aromatic carbocycles. The first-order chi connectivity index (χ1) is 15.2. The largest absolute Gasteiger partial charge is 0.321 e. The number of benzene rings is 2. The molecule has 0 atom stereocenters. The molecule has 2 heterocycles. The van der Waals surface area contributed by atoms with Crippen molar-refractivity contribution in [2.24, 2.45) is 0 Å². The number of nitrogens with one attached hydrogen (secondary N) is 2. The predicted molar refractivity (Wildman–Crippen MR) is 124 cm³/mol. The second-order valence-electron chi connectivity index (χ2n) is 7.94. The standard InChI is InChI=1S/C25H29N5O/c1-19-24(25(31)28-22-10-3-2-4-11-22)29-23(18-27-19)21-9-7-8-20(16-21)17-26-12-15-30-13-5-6-14-30/h2-4,7-11,16,18,26H,5-6,12-15,17H2,1H3,(H,28,31). The Kier molecular flexibility index (Phi) is 7.02. The van der Waals surface area contributed by atoms with E-state index in [0.29, 0.717) is 17.1 Å². The summed E-state index contributed by atoms with van der Waals surface area (Å²) in [6.07, 6.45) is 4.38. The fraction of sp³-hybridized carbons (Fsp3) is 0.320. The summed E-state index contributed by atoms with van der Waals surface area (Å²) in [5, 5.41) is 6.42. The van der Waals surface area contributed by atoms with E-state index in [1.807, 2.05) is 42.5 Å². The summed E-state index contributed by atoms with van der Waals surface area (Å²) >= 11 is 0. The Labute approximate surface area is 183 Å². The maximum Gasteiger partial charge on any atom is 0.276 e.